The van der Waals surface area contributed by atoms with Crippen molar-refractivity contribution in [2.45, 2.75) is 44.6 Å². The molecule has 2 aliphatic rings. The highest BCUT2D eigenvalue weighted by molar-refractivity contribution is 6.03. The normalized spacial score (nSPS) is 26.5. The summed E-state index contributed by atoms with van der Waals surface area (Å²) in [7, 11) is 1.53. The number of carbonyl (C=O) groups excluding carboxylic acids is 3. The average Bonchev–Trinajstić information content (AvgIpc) is 3.18. The second kappa shape index (κ2) is 9.92. The Kier molecular flexibility index (Phi) is 7.24. The van der Waals surface area contributed by atoms with E-state index in [9.17, 15) is 24.3 Å². The van der Waals surface area contributed by atoms with Crippen LogP contribution in [0.2, 0.25) is 0 Å². The van der Waals surface area contributed by atoms with Gasteiger partial charge in [-0.1, -0.05) is 19.1 Å². The van der Waals surface area contributed by atoms with Crippen molar-refractivity contribution in [1.82, 2.24) is 5.32 Å². The van der Waals surface area contributed by atoms with Crippen LogP contribution in [0.1, 0.15) is 46.9 Å². The number of amides is 2. The second-order valence-electron chi connectivity index (χ2n) is 7.92. The van der Waals surface area contributed by atoms with Gasteiger partial charge in [-0.05, 0) is 18.6 Å². The standard InChI is InChI=1S/C22H25N3O8/c1-3-6-18(26)31-12-13-11-16(19(32-13)25(2)10-9-17(23)24-22(25)30)33-21(29)15-8-5-4-7-14(15)20(27)28/h4-5,7-10,13,16,19H,3,6,11-12H2,1-2H3,(H2-,23,24,27,28,30)/p+1/t13-,16+,19+,25?/m0/s1. The van der Waals surface area contributed by atoms with Crippen LogP contribution in [0.15, 0.2) is 36.5 Å². The molecule has 1 aromatic rings. The van der Waals surface area contributed by atoms with Crippen LogP contribution in [-0.4, -0.2) is 71.5 Å². The fraction of sp³-hybridized carbons (Fsp3) is 0.409. The van der Waals surface area contributed by atoms with Gasteiger partial charge >= 0.3 is 23.9 Å². The van der Waals surface area contributed by atoms with E-state index < -0.39 is 46.9 Å². The monoisotopic (exact) mass is 460 g/mol. The van der Waals surface area contributed by atoms with Crippen LogP contribution in [0.5, 0.6) is 0 Å². The summed E-state index contributed by atoms with van der Waals surface area (Å²) in [5.74, 6) is -2.64. The number of quaternary nitrogens is 1. The summed E-state index contributed by atoms with van der Waals surface area (Å²) in [6.07, 6.45) is 1.22. The lowest BCUT2D eigenvalue weighted by molar-refractivity contribution is -0.835. The zero-order valence-corrected chi connectivity index (χ0v) is 18.3. The molecule has 2 aliphatic heterocycles. The van der Waals surface area contributed by atoms with Gasteiger partial charge in [0.2, 0.25) is 6.23 Å². The van der Waals surface area contributed by atoms with Crippen molar-refractivity contribution in [2.24, 2.45) is 0 Å². The number of amidine groups is 1. The molecule has 4 atom stereocenters. The smallest absolute Gasteiger partial charge is 0.428 e. The summed E-state index contributed by atoms with van der Waals surface area (Å²) in [4.78, 5) is 48.8. The molecule has 3 rings (SSSR count). The fourth-order valence-electron chi connectivity index (χ4n) is 3.69. The van der Waals surface area contributed by atoms with Crippen LogP contribution in [0.4, 0.5) is 4.79 Å². The highest BCUT2D eigenvalue weighted by Gasteiger charge is 2.54. The van der Waals surface area contributed by atoms with E-state index in [0.717, 1.165) is 0 Å². The first-order chi connectivity index (χ1) is 15.7. The van der Waals surface area contributed by atoms with E-state index in [1.54, 1.807) is 0 Å². The lowest BCUT2D eigenvalue weighted by atomic mass is 10.1. The summed E-state index contributed by atoms with van der Waals surface area (Å²) < 4.78 is 16.4. The number of rotatable bonds is 8. The highest BCUT2D eigenvalue weighted by Crippen LogP contribution is 2.32. The minimum atomic E-state index is -1.28. The molecule has 2 heterocycles. The lowest BCUT2D eigenvalue weighted by Crippen LogP contribution is -2.62. The molecule has 1 unspecified atom stereocenters. The second-order valence-corrected chi connectivity index (χ2v) is 7.92. The minimum absolute atomic E-state index is 0.0871. The number of carboxylic acids is 1. The van der Waals surface area contributed by atoms with Gasteiger partial charge in [-0.25, -0.2) is 14.4 Å². The fourth-order valence-corrected chi connectivity index (χ4v) is 3.69. The van der Waals surface area contributed by atoms with Gasteiger partial charge in [-0.3, -0.25) is 15.5 Å². The van der Waals surface area contributed by atoms with Crippen molar-refractivity contribution in [1.29, 1.82) is 5.41 Å². The Balaban J connectivity index is 1.84. The Bertz CT molecular complexity index is 1010. The maximum Gasteiger partial charge on any atom is 0.428 e. The summed E-state index contributed by atoms with van der Waals surface area (Å²) in [6, 6.07) is 5.07. The summed E-state index contributed by atoms with van der Waals surface area (Å²) in [5, 5.41) is 19.4. The Morgan fingerprint density at radius 3 is 2.61 bits per heavy atom. The van der Waals surface area contributed by atoms with E-state index in [0.29, 0.717) is 6.42 Å². The molecule has 0 bridgehead atoms. The number of likely N-dealkylation sites (N-methyl/N-ethyl adjacent to an activating group) is 1. The molecule has 0 aromatic heterocycles. The van der Waals surface area contributed by atoms with Crippen molar-refractivity contribution >= 4 is 29.8 Å². The first kappa shape index (κ1) is 24.1. The number of aromatic carboxylic acids is 1. The molecule has 11 heteroatoms. The zero-order valence-electron chi connectivity index (χ0n) is 18.3. The maximum absolute atomic E-state index is 12.9. The number of ether oxygens (including phenoxy) is 3. The molecule has 3 N–H and O–H groups in total. The molecular weight excluding hydrogens is 434 g/mol. The van der Waals surface area contributed by atoms with Gasteiger partial charge in [0.15, 0.2) is 6.10 Å². The van der Waals surface area contributed by atoms with Gasteiger partial charge in [0, 0.05) is 18.9 Å². The highest BCUT2D eigenvalue weighted by atomic mass is 16.6. The van der Waals surface area contributed by atoms with Gasteiger partial charge in [-0.15, -0.1) is 0 Å². The van der Waals surface area contributed by atoms with Crippen LogP contribution in [0.3, 0.4) is 0 Å². The molecule has 176 valence electrons. The van der Waals surface area contributed by atoms with E-state index >= 15 is 0 Å². The van der Waals surface area contributed by atoms with Gasteiger partial charge in [0.05, 0.1) is 18.2 Å². The van der Waals surface area contributed by atoms with E-state index in [1.165, 1.54) is 43.6 Å². The molecule has 0 spiro atoms. The van der Waals surface area contributed by atoms with Gasteiger partial charge < -0.3 is 19.3 Å². The van der Waals surface area contributed by atoms with E-state index in [1.807, 2.05) is 6.92 Å². The lowest BCUT2D eigenvalue weighted by Gasteiger charge is -2.36. The number of nitrogens with one attached hydrogen (secondary N) is 2. The van der Waals surface area contributed by atoms with Crippen molar-refractivity contribution < 1.29 is 43.0 Å². The van der Waals surface area contributed by atoms with Crippen LogP contribution in [-0.2, 0) is 19.0 Å². The Labute approximate surface area is 190 Å². The van der Waals surface area contributed by atoms with Crippen LogP contribution >= 0.6 is 0 Å². The van der Waals surface area contributed by atoms with Gasteiger partial charge in [0.25, 0.3) is 0 Å². The SMILES string of the molecule is CCCC(=O)OC[C@@H]1C[C@@H](OC(=O)c2ccccc2C(=O)O)[C@H]([N+]2(C)C=CC(=N)NC2=O)O1. The summed E-state index contributed by atoms with van der Waals surface area (Å²) in [5.41, 5.74) is -0.350. The van der Waals surface area contributed by atoms with Gasteiger partial charge in [-0.2, -0.15) is 4.48 Å². The number of nitrogens with zero attached hydrogens (tertiary/aromatic N) is 1. The van der Waals surface area contributed by atoms with Crippen LogP contribution < -0.4 is 5.32 Å². The van der Waals surface area contributed by atoms with Crippen molar-refractivity contribution in [3.8, 4) is 0 Å². The number of carboxylic acid groups (broad SMARTS) is 1. The molecule has 1 aromatic carbocycles. The third-order valence-corrected chi connectivity index (χ3v) is 5.42. The number of hydrogen-bond donors (Lipinski definition) is 3. The third kappa shape index (κ3) is 5.26. The number of hydrogen-bond acceptors (Lipinski definition) is 8. The predicted octanol–water partition coefficient (Wildman–Crippen LogP) is 2.03. The minimum Gasteiger partial charge on any atom is -0.478 e. The Morgan fingerprint density at radius 2 is 1.97 bits per heavy atom. The topological polar surface area (TPSA) is 152 Å². The summed E-state index contributed by atoms with van der Waals surface area (Å²) in [6.45, 7) is 1.76. The molecule has 0 aliphatic carbocycles. The molecule has 1 fully saturated rings. The number of benzene rings is 1. The first-order valence-electron chi connectivity index (χ1n) is 10.4. The molecular formula is C22H26N3O8+. The van der Waals surface area contributed by atoms with E-state index in [4.69, 9.17) is 19.6 Å². The number of esters is 2. The molecule has 1 saturated heterocycles. The molecule has 0 radical (unpaired) electrons. The molecule has 33 heavy (non-hydrogen) atoms. The maximum atomic E-state index is 12.9. The van der Waals surface area contributed by atoms with Crippen molar-refractivity contribution in [2.75, 3.05) is 13.7 Å². The zero-order chi connectivity index (χ0) is 24.2. The molecule has 0 saturated carbocycles. The van der Waals surface area contributed by atoms with E-state index in [-0.39, 0.29) is 36.4 Å². The van der Waals surface area contributed by atoms with Crippen LogP contribution in [0, 0.1) is 5.41 Å². The number of carbonyl (C=O) groups is 4. The first-order valence-corrected chi connectivity index (χ1v) is 10.4. The van der Waals surface area contributed by atoms with Crippen molar-refractivity contribution in [3.63, 3.8) is 0 Å². The number of urea groups is 1. The third-order valence-electron chi connectivity index (χ3n) is 5.42. The largest absolute Gasteiger partial charge is 0.478 e. The predicted molar refractivity (Wildman–Crippen MR) is 113 cm³/mol. The van der Waals surface area contributed by atoms with Gasteiger partial charge in [0.1, 0.15) is 24.7 Å². The quantitative estimate of drug-likeness (QED) is 0.394. The molecule has 2 amide bonds. The van der Waals surface area contributed by atoms with Crippen molar-refractivity contribution in [3.05, 3.63) is 47.7 Å². The average molecular weight is 460 g/mol. The Hall–Kier alpha value is -3.57. The summed E-state index contributed by atoms with van der Waals surface area (Å²) >= 11 is 0. The van der Waals surface area contributed by atoms with Crippen LogP contribution in [0.25, 0.3) is 0 Å². The molecule has 11 nitrogen and oxygen atoms in total. The Morgan fingerprint density at radius 1 is 1.27 bits per heavy atom. The van der Waals surface area contributed by atoms with E-state index in [2.05, 4.69) is 5.32 Å².